The number of methoxy groups -OCH3 is 1. The molecular formula is C17H20N2O. The number of fused-ring (bicyclic) bond motifs is 1. The van der Waals surface area contributed by atoms with Gasteiger partial charge >= 0.3 is 0 Å². The molecule has 3 nitrogen and oxygen atoms in total. The van der Waals surface area contributed by atoms with E-state index < -0.39 is 0 Å². The molecule has 20 heavy (non-hydrogen) atoms. The van der Waals surface area contributed by atoms with Gasteiger partial charge in [0.15, 0.2) is 0 Å². The number of anilines is 2. The number of benzene rings is 2. The molecule has 0 unspecified atom stereocenters. The first-order chi connectivity index (χ1) is 9.78. The molecule has 0 aromatic heterocycles. The second-order valence-electron chi connectivity index (χ2n) is 5.20. The highest BCUT2D eigenvalue weighted by Crippen LogP contribution is 2.29. The second-order valence-corrected chi connectivity index (χ2v) is 5.20. The van der Waals surface area contributed by atoms with Gasteiger partial charge in [0.2, 0.25) is 0 Å². The third kappa shape index (κ3) is 2.44. The summed E-state index contributed by atoms with van der Waals surface area (Å²) in [5.74, 6) is 0.915. The van der Waals surface area contributed by atoms with E-state index in [1.165, 1.54) is 16.8 Å². The summed E-state index contributed by atoms with van der Waals surface area (Å²) in [4.78, 5) is 2.23. The first-order valence-corrected chi connectivity index (χ1v) is 6.98. The quantitative estimate of drug-likeness (QED) is 0.920. The Kier molecular flexibility index (Phi) is 3.50. The Hall–Kier alpha value is -2.16. The average Bonchev–Trinajstić information content (AvgIpc) is 2.94. The van der Waals surface area contributed by atoms with Crippen molar-refractivity contribution in [3.05, 3.63) is 53.6 Å². The average molecular weight is 268 g/mol. The van der Waals surface area contributed by atoms with Crippen LogP contribution in [0.1, 0.15) is 11.1 Å². The van der Waals surface area contributed by atoms with E-state index in [-0.39, 0.29) is 0 Å². The monoisotopic (exact) mass is 268 g/mol. The minimum atomic E-state index is 0.883. The van der Waals surface area contributed by atoms with Crippen LogP contribution < -0.4 is 15.0 Å². The Balaban J connectivity index is 1.80. The van der Waals surface area contributed by atoms with Crippen LogP contribution >= 0.6 is 0 Å². The second kappa shape index (κ2) is 5.45. The van der Waals surface area contributed by atoms with Gasteiger partial charge in [-0.3, -0.25) is 0 Å². The Bertz CT molecular complexity index is 610. The van der Waals surface area contributed by atoms with E-state index in [1.807, 2.05) is 18.2 Å². The maximum Gasteiger partial charge on any atom is 0.142 e. The van der Waals surface area contributed by atoms with Gasteiger partial charge in [-0.2, -0.15) is 0 Å². The third-order valence-corrected chi connectivity index (χ3v) is 3.80. The standard InChI is InChI=1S/C17H20N2O/c1-19(16-5-3-4-6-17(16)20-2)12-13-7-8-15-14(11-13)9-10-18-15/h3-8,11,18H,9-10,12H2,1-2H3. The van der Waals surface area contributed by atoms with Crippen molar-refractivity contribution < 1.29 is 4.74 Å². The molecule has 0 fully saturated rings. The minimum Gasteiger partial charge on any atom is -0.495 e. The summed E-state index contributed by atoms with van der Waals surface area (Å²) in [5, 5.41) is 3.40. The maximum absolute atomic E-state index is 5.43. The summed E-state index contributed by atoms with van der Waals surface area (Å²) in [6.45, 7) is 1.94. The highest BCUT2D eigenvalue weighted by atomic mass is 16.5. The molecule has 104 valence electrons. The highest BCUT2D eigenvalue weighted by Gasteiger charge is 2.12. The Morgan fingerprint density at radius 1 is 1.20 bits per heavy atom. The van der Waals surface area contributed by atoms with Crippen LogP contribution in [0.5, 0.6) is 5.75 Å². The molecule has 0 atom stereocenters. The number of hydrogen-bond acceptors (Lipinski definition) is 3. The predicted molar refractivity (Wildman–Crippen MR) is 83.7 cm³/mol. The van der Waals surface area contributed by atoms with E-state index in [0.717, 1.165) is 30.9 Å². The SMILES string of the molecule is COc1ccccc1N(C)Cc1ccc2c(c1)CCN2. The van der Waals surface area contributed by atoms with Crippen LogP contribution in [0.25, 0.3) is 0 Å². The molecule has 0 aliphatic carbocycles. The van der Waals surface area contributed by atoms with Crippen molar-refractivity contribution in [2.75, 3.05) is 30.9 Å². The predicted octanol–water partition coefficient (Wildman–Crippen LogP) is 3.30. The van der Waals surface area contributed by atoms with Crippen LogP contribution in [0.4, 0.5) is 11.4 Å². The maximum atomic E-state index is 5.43. The summed E-state index contributed by atoms with van der Waals surface area (Å²) in [6, 6.07) is 14.8. The third-order valence-electron chi connectivity index (χ3n) is 3.80. The van der Waals surface area contributed by atoms with Crippen LogP contribution in [0, 0.1) is 0 Å². The van der Waals surface area contributed by atoms with Gasteiger partial charge in [0.25, 0.3) is 0 Å². The van der Waals surface area contributed by atoms with Gasteiger partial charge in [-0.1, -0.05) is 24.3 Å². The van der Waals surface area contributed by atoms with Crippen molar-refractivity contribution in [1.29, 1.82) is 0 Å². The molecule has 1 aliphatic rings. The molecule has 0 spiro atoms. The minimum absolute atomic E-state index is 0.883. The highest BCUT2D eigenvalue weighted by molar-refractivity contribution is 5.60. The van der Waals surface area contributed by atoms with Gasteiger partial charge < -0.3 is 15.0 Å². The molecule has 1 N–H and O–H groups in total. The smallest absolute Gasteiger partial charge is 0.142 e. The first-order valence-electron chi connectivity index (χ1n) is 6.98. The number of rotatable bonds is 4. The molecule has 2 aromatic carbocycles. The normalized spacial score (nSPS) is 12.7. The van der Waals surface area contributed by atoms with Gasteiger partial charge in [0.05, 0.1) is 12.8 Å². The summed E-state index contributed by atoms with van der Waals surface area (Å²) in [5.41, 5.74) is 5.17. The molecule has 2 aromatic rings. The van der Waals surface area contributed by atoms with Crippen LogP contribution in [-0.4, -0.2) is 20.7 Å². The zero-order valence-electron chi connectivity index (χ0n) is 12.0. The fourth-order valence-electron chi connectivity index (χ4n) is 2.76. The first kappa shape index (κ1) is 12.9. The van der Waals surface area contributed by atoms with Gasteiger partial charge in [0.1, 0.15) is 5.75 Å². The summed E-state index contributed by atoms with van der Waals surface area (Å²) >= 11 is 0. The van der Waals surface area contributed by atoms with Crippen molar-refractivity contribution in [3.8, 4) is 5.75 Å². The lowest BCUT2D eigenvalue weighted by Crippen LogP contribution is -2.17. The molecule has 3 rings (SSSR count). The van der Waals surface area contributed by atoms with Crippen molar-refractivity contribution in [3.63, 3.8) is 0 Å². The summed E-state index contributed by atoms with van der Waals surface area (Å²) < 4.78 is 5.43. The van der Waals surface area contributed by atoms with E-state index in [9.17, 15) is 0 Å². The van der Waals surface area contributed by atoms with E-state index in [2.05, 4.69) is 41.5 Å². The molecule has 1 aliphatic heterocycles. The fraction of sp³-hybridized carbons (Fsp3) is 0.294. The van der Waals surface area contributed by atoms with Crippen LogP contribution in [0.15, 0.2) is 42.5 Å². The number of nitrogens with zero attached hydrogens (tertiary/aromatic N) is 1. The van der Waals surface area contributed by atoms with Gasteiger partial charge in [-0.05, 0) is 35.7 Å². The van der Waals surface area contributed by atoms with Crippen molar-refractivity contribution in [2.45, 2.75) is 13.0 Å². The zero-order chi connectivity index (χ0) is 13.9. The fourth-order valence-corrected chi connectivity index (χ4v) is 2.76. The van der Waals surface area contributed by atoms with Gasteiger partial charge in [-0.15, -0.1) is 0 Å². The largest absolute Gasteiger partial charge is 0.495 e. The summed E-state index contributed by atoms with van der Waals surface area (Å²) in [6.07, 6.45) is 1.13. The summed E-state index contributed by atoms with van der Waals surface area (Å²) in [7, 11) is 3.82. The Morgan fingerprint density at radius 2 is 2.05 bits per heavy atom. The topological polar surface area (TPSA) is 24.5 Å². The molecule has 0 radical (unpaired) electrons. The zero-order valence-corrected chi connectivity index (χ0v) is 12.0. The molecule has 3 heteroatoms. The van der Waals surface area contributed by atoms with Crippen molar-refractivity contribution >= 4 is 11.4 Å². The van der Waals surface area contributed by atoms with E-state index in [1.54, 1.807) is 7.11 Å². The Labute approximate surface area is 120 Å². The van der Waals surface area contributed by atoms with Crippen molar-refractivity contribution in [2.24, 2.45) is 0 Å². The van der Waals surface area contributed by atoms with E-state index in [4.69, 9.17) is 4.74 Å². The molecule has 0 saturated heterocycles. The van der Waals surface area contributed by atoms with E-state index in [0.29, 0.717) is 0 Å². The van der Waals surface area contributed by atoms with Crippen LogP contribution in [-0.2, 0) is 13.0 Å². The van der Waals surface area contributed by atoms with E-state index >= 15 is 0 Å². The van der Waals surface area contributed by atoms with Crippen molar-refractivity contribution in [1.82, 2.24) is 0 Å². The number of hydrogen-bond donors (Lipinski definition) is 1. The molecule has 0 saturated carbocycles. The number of ether oxygens (including phenoxy) is 1. The van der Waals surface area contributed by atoms with Gasteiger partial charge in [0, 0.05) is 25.8 Å². The number of para-hydroxylation sites is 2. The lowest BCUT2D eigenvalue weighted by Gasteiger charge is -2.22. The molecule has 1 heterocycles. The molecular weight excluding hydrogens is 248 g/mol. The van der Waals surface area contributed by atoms with Crippen LogP contribution in [0.3, 0.4) is 0 Å². The Morgan fingerprint density at radius 3 is 2.90 bits per heavy atom. The van der Waals surface area contributed by atoms with Crippen LogP contribution in [0.2, 0.25) is 0 Å². The lowest BCUT2D eigenvalue weighted by atomic mass is 10.1. The number of nitrogens with one attached hydrogen (secondary N) is 1. The van der Waals surface area contributed by atoms with Gasteiger partial charge in [-0.25, -0.2) is 0 Å². The lowest BCUT2D eigenvalue weighted by molar-refractivity contribution is 0.415. The molecule has 0 bridgehead atoms. The molecule has 0 amide bonds.